The van der Waals surface area contributed by atoms with Crippen molar-refractivity contribution in [1.82, 2.24) is 4.57 Å². The number of carboxylic acid groups (broad SMARTS) is 1. The fourth-order valence-electron chi connectivity index (χ4n) is 5.07. The normalized spacial score (nSPS) is 15.1. The van der Waals surface area contributed by atoms with Crippen molar-refractivity contribution in [3.05, 3.63) is 101 Å². The van der Waals surface area contributed by atoms with Gasteiger partial charge < -0.3 is 14.6 Å². The maximum atomic E-state index is 15.5. The SMILES string of the molecule is CC1(C)C(=O)N(c2ccc(C#N)c(C(F)(F)F)c2)C(=S)N1c1ccc(Cn2ccc3cc(/C=C/C(=O)O)ccc32)c(F)c1. The minimum absolute atomic E-state index is 0.135. The van der Waals surface area contributed by atoms with E-state index in [9.17, 15) is 22.8 Å². The topological polar surface area (TPSA) is 89.6 Å². The Morgan fingerprint density at radius 3 is 2.44 bits per heavy atom. The number of thiocarbonyl (C=S) groups is 1. The number of fused-ring (bicyclic) bond motifs is 1. The number of halogens is 4. The Balaban J connectivity index is 1.44. The van der Waals surface area contributed by atoms with Crippen molar-refractivity contribution in [3.8, 4) is 6.07 Å². The molecular formula is C31H22F4N4O3S. The third-order valence-electron chi connectivity index (χ3n) is 7.20. The molecular weight excluding hydrogens is 584 g/mol. The van der Waals surface area contributed by atoms with E-state index >= 15 is 4.39 Å². The van der Waals surface area contributed by atoms with Gasteiger partial charge in [-0.1, -0.05) is 12.1 Å². The van der Waals surface area contributed by atoms with Gasteiger partial charge in [0, 0.05) is 34.4 Å². The van der Waals surface area contributed by atoms with Gasteiger partial charge in [-0.3, -0.25) is 9.69 Å². The summed E-state index contributed by atoms with van der Waals surface area (Å²) in [6.07, 6.45) is -0.529. The van der Waals surface area contributed by atoms with E-state index in [0.717, 1.165) is 27.9 Å². The summed E-state index contributed by atoms with van der Waals surface area (Å²) in [4.78, 5) is 26.6. The first-order valence-electron chi connectivity index (χ1n) is 12.8. The summed E-state index contributed by atoms with van der Waals surface area (Å²) in [5, 5.41) is 18.7. The number of carbonyl (C=O) groups is 2. The molecule has 1 fully saturated rings. The van der Waals surface area contributed by atoms with Crippen LogP contribution in [-0.4, -0.2) is 32.2 Å². The molecule has 7 nitrogen and oxygen atoms in total. The summed E-state index contributed by atoms with van der Waals surface area (Å²) >= 11 is 5.54. The van der Waals surface area contributed by atoms with Crippen LogP contribution in [0.15, 0.2) is 72.9 Å². The number of alkyl halides is 3. The van der Waals surface area contributed by atoms with E-state index in [2.05, 4.69) is 0 Å². The van der Waals surface area contributed by atoms with Gasteiger partial charge >= 0.3 is 12.1 Å². The predicted octanol–water partition coefficient (Wildman–Crippen LogP) is 6.73. The van der Waals surface area contributed by atoms with Crippen LogP contribution in [-0.2, 0) is 22.3 Å². The lowest BCUT2D eigenvalue weighted by Crippen LogP contribution is -2.44. The maximum absolute atomic E-state index is 15.5. The number of rotatable bonds is 6. The molecule has 0 unspecified atom stereocenters. The minimum Gasteiger partial charge on any atom is -0.478 e. The molecule has 5 rings (SSSR count). The van der Waals surface area contributed by atoms with Crippen LogP contribution in [0.2, 0.25) is 0 Å². The van der Waals surface area contributed by atoms with Gasteiger partial charge in [-0.25, -0.2) is 9.18 Å². The molecule has 0 bridgehead atoms. The zero-order valence-corrected chi connectivity index (χ0v) is 23.5. The first-order chi connectivity index (χ1) is 20.2. The number of anilines is 2. The average molecular weight is 607 g/mol. The number of benzene rings is 3. The second-order valence-electron chi connectivity index (χ2n) is 10.4. The largest absolute Gasteiger partial charge is 0.478 e. The van der Waals surface area contributed by atoms with Crippen LogP contribution in [0.1, 0.15) is 36.1 Å². The van der Waals surface area contributed by atoms with Crippen LogP contribution >= 0.6 is 12.2 Å². The molecule has 1 aliphatic heterocycles. The number of carboxylic acids is 1. The lowest BCUT2D eigenvalue weighted by molar-refractivity contribution is -0.138. The zero-order chi connectivity index (χ0) is 31.3. The van der Waals surface area contributed by atoms with E-state index in [-0.39, 0.29) is 23.0 Å². The highest BCUT2D eigenvalue weighted by Gasteiger charge is 2.50. The highest BCUT2D eigenvalue weighted by atomic mass is 32.1. The molecule has 0 aliphatic carbocycles. The van der Waals surface area contributed by atoms with Crippen LogP contribution in [0.3, 0.4) is 0 Å². The molecule has 0 saturated carbocycles. The van der Waals surface area contributed by atoms with Gasteiger partial charge in [0.05, 0.1) is 29.4 Å². The number of hydrogen-bond acceptors (Lipinski definition) is 4. The Labute approximate surface area is 248 Å². The number of aromatic nitrogens is 1. The highest BCUT2D eigenvalue weighted by molar-refractivity contribution is 7.81. The van der Waals surface area contributed by atoms with E-state index < -0.39 is 40.5 Å². The van der Waals surface area contributed by atoms with Crippen molar-refractivity contribution in [1.29, 1.82) is 5.26 Å². The minimum atomic E-state index is -4.83. The van der Waals surface area contributed by atoms with E-state index in [1.807, 2.05) is 22.8 Å². The fraction of sp³-hybridized carbons (Fsp3) is 0.161. The monoisotopic (exact) mass is 606 g/mol. The number of carbonyl (C=O) groups excluding carboxylic acids is 1. The van der Waals surface area contributed by atoms with E-state index in [0.29, 0.717) is 17.2 Å². The van der Waals surface area contributed by atoms with Crippen LogP contribution in [0.5, 0.6) is 0 Å². The molecule has 0 atom stereocenters. The van der Waals surface area contributed by atoms with Crippen LogP contribution in [0, 0.1) is 17.1 Å². The second-order valence-corrected chi connectivity index (χ2v) is 10.7. The summed E-state index contributed by atoms with van der Waals surface area (Å²) < 4.78 is 58.1. The molecule has 4 aromatic rings. The second kappa shape index (κ2) is 10.7. The molecule has 1 saturated heterocycles. The molecule has 12 heteroatoms. The Morgan fingerprint density at radius 2 is 1.79 bits per heavy atom. The molecule has 0 spiro atoms. The van der Waals surface area contributed by atoms with Gasteiger partial charge in [-0.2, -0.15) is 18.4 Å². The van der Waals surface area contributed by atoms with Crippen molar-refractivity contribution in [3.63, 3.8) is 0 Å². The number of amides is 1. The van der Waals surface area contributed by atoms with Gasteiger partial charge in [0.2, 0.25) is 0 Å². The Bertz CT molecular complexity index is 1890. The highest BCUT2D eigenvalue weighted by Crippen LogP contribution is 2.40. The lowest BCUT2D eigenvalue weighted by atomic mass is 10.0. The van der Waals surface area contributed by atoms with Crippen LogP contribution in [0.25, 0.3) is 17.0 Å². The fourth-order valence-corrected chi connectivity index (χ4v) is 5.60. The van der Waals surface area contributed by atoms with E-state index in [1.165, 1.54) is 43.0 Å². The average Bonchev–Trinajstić information content (AvgIpc) is 3.42. The van der Waals surface area contributed by atoms with Gasteiger partial charge in [0.25, 0.3) is 5.91 Å². The Hall–Kier alpha value is -5.02. The third-order valence-corrected chi connectivity index (χ3v) is 7.57. The Morgan fingerprint density at radius 1 is 1.07 bits per heavy atom. The number of nitriles is 1. The molecule has 1 aliphatic rings. The summed E-state index contributed by atoms with van der Waals surface area (Å²) in [6, 6.07) is 16.0. The van der Waals surface area contributed by atoms with Crippen LogP contribution in [0.4, 0.5) is 28.9 Å². The Kier molecular flexibility index (Phi) is 7.31. The number of hydrogen-bond donors (Lipinski definition) is 1. The van der Waals surface area contributed by atoms with Gasteiger partial charge in [-0.15, -0.1) is 0 Å². The van der Waals surface area contributed by atoms with Crippen LogP contribution < -0.4 is 9.80 Å². The molecule has 3 aromatic carbocycles. The molecule has 1 amide bonds. The van der Waals surface area contributed by atoms with Crippen molar-refractivity contribution < 1.29 is 32.3 Å². The molecule has 43 heavy (non-hydrogen) atoms. The molecule has 1 N–H and O–H groups in total. The third kappa shape index (κ3) is 5.35. The maximum Gasteiger partial charge on any atom is 0.417 e. The van der Waals surface area contributed by atoms with Crippen molar-refractivity contribution in [2.24, 2.45) is 0 Å². The summed E-state index contributed by atoms with van der Waals surface area (Å²) in [5.74, 6) is -2.25. The molecule has 218 valence electrons. The first kappa shape index (κ1) is 29.5. The van der Waals surface area contributed by atoms with Gasteiger partial charge in [0.1, 0.15) is 11.4 Å². The van der Waals surface area contributed by atoms with Gasteiger partial charge in [-0.05, 0) is 86.2 Å². The van der Waals surface area contributed by atoms with Crippen molar-refractivity contribution >= 4 is 57.6 Å². The molecule has 0 radical (unpaired) electrons. The molecule has 1 aromatic heterocycles. The standard InChI is InChI=1S/C31H22F4N4O3S/c1-30(2)28(42)38(22-7-5-20(16-36)24(14-22)31(33,34)35)29(43)39(30)23-8-6-21(25(32)15-23)17-37-12-11-19-13-18(3-9-26(19)37)4-10-27(40)41/h3-15H,17H2,1-2H3,(H,40,41)/b10-4+. The smallest absolute Gasteiger partial charge is 0.417 e. The first-order valence-corrected chi connectivity index (χ1v) is 13.2. The zero-order valence-electron chi connectivity index (χ0n) is 22.7. The van der Waals surface area contributed by atoms with E-state index in [1.54, 1.807) is 24.4 Å². The number of nitrogens with zero attached hydrogens (tertiary/aromatic N) is 4. The summed E-state index contributed by atoms with van der Waals surface area (Å²) in [5.41, 5.74) is -1.22. The summed E-state index contributed by atoms with van der Waals surface area (Å²) in [6.45, 7) is 3.24. The summed E-state index contributed by atoms with van der Waals surface area (Å²) in [7, 11) is 0. The quantitative estimate of drug-likeness (QED) is 0.149. The molecule has 2 heterocycles. The predicted molar refractivity (Wildman–Crippen MR) is 157 cm³/mol. The lowest BCUT2D eigenvalue weighted by Gasteiger charge is -2.29. The number of aliphatic carboxylic acids is 1. The van der Waals surface area contributed by atoms with E-state index in [4.69, 9.17) is 22.6 Å². The van der Waals surface area contributed by atoms with Gasteiger partial charge in [0.15, 0.2) is 5.11 Å². The van der Waals surface area contributed by atoms with Crippen molar-refractivity contribution in [2.45, 2.75) is 32.1 Å². The van der Waals surface area contributed by atoms with Crippen molar-refractivity contribution in [2.75, 3.05) is 9.80 Å².